The van der Waals surface area contributed by atoms with Gasteiger partial charge in [-0.15, -0.1) is 5.10 Å². The first-order valence-corrected chi connectivity index (χ1v) is 6.74. The van der Waals surface area contributed by atoms with Crippen LogP contribution in [0.4, 0.5) is 0 Å². The van der Waals surface area contributed by atoms with Crippen molar-refractivity contribution in [2.24, 2.45) is 0 Å². The highest BCUT2D eigenvalue weighted by Gasteiger charge is 2.17. The van der Waals surface area contributed by atoms with Gasteiger partial charge in [0.1, 0.15) is 6.33 Å². The van der Waals surface area contributed by atoms with Crippen LogP contribution in [0.1, 0.15) is 6.42 Å². The SMILES string of the molecule is O=C(C=Cn1cnc(-c2cccc(Cl)c2)n1)N1CCC1. The third-order valence-electron chi connectivity index (χ3n) is 3.13. The largest absolute Gasteiger partial charge is 0.339 e. The fourth-order valence-electron chi connectivity index (χ4n) is 1.89. The summed E-state index contributed by atoms with van der Waals surface area (Å²) in [6, 6.07) is 7.34. The van der Waals surface area contributed by atoms with Gasteiger partial charge in [-0.05, 0) is 18.6 Å². The Morgan fingerprint density at radius 3 is 2.90 bits per heavy atom. The van der Waals surface area contributed by atoms with Crippen LogP contribution in [-0.4, -0.2) is 38.7 Å². The fraction of sp³-hybridized carbons (Fsp3) is 0.214. The van der Waals surface area contributed by atoms with Crippen molar-refractivity contribution in [3.63, 3.8) is 0 Å². The Balaban J connectivity index is 1.73. The van der Waals surface area contributed by atoms with Gasteiger partial charge >= 0.3 is 0 Å². The number of likely N-dealkylation sites (tertiary alicyclic amines) is 1. The molecule has 102 valence electrons. The third-order valence-corrected chi connectivity index (χ3v) is 3.36. The molecule has 1 aliphatic heterocycles. The Morgan fingerprint density at radius 1 is 1.35 bits per heavy atom. The highest BCUT2D eigenvalue weighted by Crippen LogP contribution is 2.18. The highest BCUT2D eigenvalue weighted by atomic mass is 35.5. The summed E-state index contributed by atoms with van der Waals surface area (Å²) < 4.78 is 1.52. The van der Waals surface area contributed by atoms with Crippen molar-refractivity contribution in [3.8, 4) is 11.4 Å². The van der Waals surface area contributed by atoms with Crippen LogP contribution in [0, 0.1) is 0 Å². The number of carbonyl (C=O) groups excluding carboxylic acids is 1. The average Bonchev–Trinajstić information content (AvgIpc) is 2.83. The van der Waals surface area contributed by atoms with Gasteiger partial charge in [0.05, 0.1) is 0 Å². The minimum absolute atomic E-state index is 0.0102. The van der Waals surface area contributed by atoms with Gasteiger partial charge in [0, 0.05) is 36.0 Å². The molecule has 0 radical (unpaired) electrons. The predicted molar refractivity (Wildman–Crippen MR) is 77.0 cm³/mol. The molecule has 0 unspecified atom stereocenters. The summed E-state index contributed by atoms with van der Waals surface area (Å²) in [6.45, 7) is 1.68. The molecule has 3 rings (SSSR count). The topological polar surface area (TPSA) is 51.0 Å². The van der Waals surface area contributed by atoms with Crippen LogP contribution in [0.3, 0.4) is 0 Å². The summed E-state index contributed by atoms with van der Waals surface area (Å²) in [5.74, 6) is 0.588. The molecule has 6 heteroatoms. The number of benzene rings is 1. The van der Waals surface area contributed by atoms with Crippen LogP contribution in [0.5, 0.6) is 0 Å². The van der Waals surface area contributed by atoms with Gasteiger partial charge in [0.25, 0.3) is 0 Å². The molecule has 1 aromatic heterocycles. The molecule has 0 bridgehead atoms. The second-order valence-electron chi connectivity index (χ2n) is 4.55. The highest BCUT2D eigenvalue weighted by molar-refractivity contribution is 6.30. The van der Waals surface area contributed by atoms with Crippen LogP contribution in [-0.2, 0) is 4.79 Å². The number of nitrogens with zero attached hydrogens (tertiary/aromatic N) is 4. The zero-order valence-electron chi connectivity index (χ0n) is 10.7. The van der Waals surface area contributed by atoms with E-state index in [-0.39, 0.29) is 5.91 Å². The van der Waals surface area contributed by atoms with E-state index < -0.39 is 0 Å². The molecular formula is C14H13ClN4O. The lowest BCUT2D eigenvalue weighted by atomic mass is 10.2. The van der Waals surface area contributed by atoms with Crippen LogP contribution in [0.2, 0.25) is 5.02 Å². The summed E-state index contributed by atoms with van der Waals surface area (Å²) in [4.78, 5) is 17.7. The van der Waals surface area contributed by atoms with Crippen molar-refractivity contribution in [2.75, 3.05) is 13.1 Å². The first kappa shape index (κ1) is 12.9. The van der Waals surface area contributed by atoms with Gasteiger partial charge in [-0.1, -0.05) is 23.7 Å². The van der Waals surface area contributed by atoms with Crippen LogP contribution < -0.4 is 0 Å². The third kappa shape index (κ3) is 2.72. The molecular weight excluding hydrogens is 276 g/mol. The number of hydrogen-bond donors (Lipinski definition) is 0. The molecule has 5 nitrogen and oxygen atoms in total. The number of halogens is 1. The molecule has 1 fully saturated rings. The first-order chi connectivity index (χ1) is 9.72. The van der Waals surface area contributed by atoms with E-state index in [1.165, 1.54) is 10.8 Å². The smallest absolute Gasteiger partial charge is 0.248 e. The number of carbonyl (C=O) groups is 1. The normalized spacial score (nSPS) is 14.6. The zero-order valence-corrected chi connectivity index (χ0v) is 11.5. The molecule has 0 aliphatic carbocycles. The van der Waals surface area contributed by atoms with E-state index in [1.807, 2.05) is 12.1 Å². The van der Waals surface area contributed by atoms with E-state index >= 15 is 0 Å². The standard InChI is InChI=1S/C14H13ClN4O/c15-12-4-1-3-11(9-12)14-16-10-19(17-14)8-5-13(20)18-6-2-7-18/h1,3-5,8-10H,2,6-7H2. The summed E-state index contributed by atoms with van der Waals surface area (Å²) in [7, 11) is 0. The van der Waals surface area contributed by atoms with Gasteiger partial charge in [-0.25, -0.2) is 9.67 Å². The van der Waals surface area contributed by atoms with E-state index in [0.29, 0.717) is 10.8 Å². The summed E-state index contributed by atoms with van der Waals surface area (Å²) in [5, 5.41) is 4.93. The Labute approximate surface area is 121 Å². The molecule has 0 spiro atoms. The van der Waals surface area contributed by atoms with Gasteiger partial charge in [0.2, 0.25) is 5.91 Å². The van der Waals surface area contributed by atoms with E-state index in [4.69, 9.17) is 11.6 Å². The number of aromatic nitrogens is 3. The lowest BCUT2D eigenvalue weighted by molar-refractivity contribution is -0.129. The zero-order chi connectivity index (χ0) is 13.9. The molecule has 1 saturated heterocycles. The Hall–Kier alpha value is -2.14. The number of hydrogen-bond acceptors (Lipinski definition) is 3. The van der Waals surface area contributed by atoms with Crippen molar-refractivity contribution >= 4 is 23.7 Å². The average molecular weight is 289 g/mol. The van der Waals surface area contributed by atoms with E-state index in [2.05, 4.69) is 10.1 Å². The maximum absolute atomic E-state index is 11.7. The maximum atomic E-state index is 11.7. The quantitative estimate of drug-likeness (QED) is 0.814. The Morgan fingerprint density at radius 2 is 2.20 bits per heavy atom. The minimum Gasteiger partial charge on any atom is -0.339 e. The molecule has 0 saturated carbocycles. The van der Waals surface area contributed by atoms with E-state index in [1.54, 1.807) is 29.6 Å². The van der Waals surface area contributed by atoms with Gasteiger partial charge in [0.15, 0.2) is 5.82 Å². The summed E-state index contributed by atoms with van der Waals surface area (Å²) in [5.41, 5.74) is 0.846. The van der Waals surface area contributed by atoms with Gasteiger partial charge in [-0.2, -0.15) is 0 Å². The Kier molecular flexibility index (Phi) is 3.52. The first-order valence-electron chi connectivity index (χ1n) is 6.36. The monoisotopic (exact) mass is 288 g/mol. The van der Waals surface area contributed by atoms with E-state index in [9.17, 15) is 4.79 Å². The minimum atomic E-state index is 0.0102. The van der Waals surface area contributed by atoms with Crippen molar-refractivity contribution in [2.45, 2.75) is 6.42 Å². The summed E-state index contributed by atoms with van der Waals surface area (Å²) in [6.07, 6.45) is 5.77. The lowest BCUT2D eigenvalue weighted by Crippen LogP contribution is -2.41. The van der Waals surface area contributed by atoms with Crippen LogP contribution >= 0.6 is 11.6 Å². The van der Waals surface area contributed by atoms with E-state index in [0.717, 1.165) is 25.1 Å². The van der Waals surface area contributed by atoms with Gasteiger partial charge < -0.3 is 4.90 Å². The second kappa shape index (κ2) is 5.46. The molecule has 1 aromatic carbocycles. The van der Waals surface area contributed by atoms with Crippen molar-refractivity contribution in [1.82, 2.24) is 19.7 Å². The lowest BCUT2D eigenvalue weighted by Gasteiger charge is -2.29. The molecule has 0 N–H and O–H groups in total. The summed E-state index contributed by atoms with van der Waals surface area (Å²) >= 11 is 5.93. The van der Waals surface area contributed by atoms with Gasteiger partial charge in [-0.3, -0.25) is 4.79 Å². The maximum Gasteiger partial charge on any atom is 0.248 e. The predicted octanol–water partition coefficient (Wildman–Crippen LogP) is 2.30. The van der Waals surface area contributed by atoms with Crippen LogP contribution in [0.15, 0.2) is 36.7 Å². The number of rotatable bonds is 3. The van der Waals surface area contributed by atoms with Crippen LogP contribution in [0.25, 0.3) is 17.6 Å². The molecule has 1 amide bonds. The Bertz CT molecular complexity index is 661. The molecule has 1 aliphatic rings. The molecule has 2 aromatic rings. The van der Waals surface area contributed by atoms with Crippen molar-refractivity contribution in [3.05, 3.63) is 41.7 Å². The molecule has 2 heterocycles. The fourth-order valence-corrected chi connectivity index (χ4v) is 2.08. The molecule has 20 heavy (non-hydrogen) atoms. The number of amides is 1. The second-order valence-corrected chi connectivity index (χ2v) is 4.99. The van der Waals surface area contributed by atoms with Crippen molar-refractivity contribution in [1.29, 1.82) is 0 Å². The molecule has 0 atom stereocenters. The van der Waals surface area contributed by atoms with Crippen molar-refractivity contribution < 1.29 is 4.79 Å².